The first-order chi connectivity index (χ1) is 9.32. The van der Waals surface area contributed by atoms with Crippen LogP contribution in [0.2, 0.25) is 0 Å². The maximum Gasteiger partial charge on any atom is 0.416 e. The van der Waals surface area contributed by atoms with Crippen LogP contribution in [0.5, 0.6) is 0 Å². The molecule has 0 saturated carbocycles. The molecule has 0 bridgehead atoms. The summed E-state index contributed by atoms with van der Waals surface area (Å²) in [5.74, 6) is -2.16. The van der Waals surface area contributed by atoms with E-state index in [4.69, 9.17) is 5.11 Å². The molecule has 0 spiro atoms. The van der Waals surface area contributed by atoms with Crippen LogP contribution in [0.25, 0.3) is 11.1 Å². The summed E-state index contributed by atoms with van der Waals surface area (Å²) in [5.41, 5.74) is -0.500. The maximum absolute atomic E-state index is 13.2. The molecule has 0 unspecified atom stereocenters. The first kappa shape index (κ1) is 14.5. The average Bonchev–Trinajstić information content (AvgIpc) is 2.40. The molecule has 0 amide bonds. The Morgan fingerprint density at radius 3 is 2.15 bits per heavy atom. The van der Waals surface area contributed by atoms with Crippen molar-refractivity contribution in [3.8, 4) is 11.1 Å². The number of alkyl halides is 3. The second-order valence-corrected chi connectivity index (χ2v) is 4.16. The monoisotopic (exact) mass is 288 g/mol. The molecule has 0 aliphatic heterocycles. The van der Waals surface area contributed by atoms with Crippen molar-refractivity contribution in [2.75, 3.05) is 0 Å². The van der Waals surface area contributed by atoms with Crippen LogP contribution in [0.3, 0.4) is 0 Å². The van der Waals surface area contributed by atoms with Crippen molar-refractivity contribution in [2.24, 2.45) is 0 Å². The summed E-state index contributed by atoms with van der Waals surface area (Å²) in [4.78, 5) is 0. The van der Waals surface area contributed by atoms with Crippen LogP contribution in [0.1, 0.15) is 11.1 Å². The molecule has 2 aromatic carbocycles. The van der Waals surface area contributed by atoms with Crippen molar-refractivity contribution in [3.63, 3.8) is 0 Å². The Hall–Kier alpha value is -1.95. The molecule has 0 saturated heterocycles. The van der Waals surface area contributed by atoms with Gasteiger partial charge >= 0.3 is 6.18 Å². The third-order valence-corrected chi connectivity index (χ3v) is 2.83. The van der Waals surface area contributed by atoms with Crippen molar-refractivity contribution < 1.29 is 27.1 Å². The molecule has 2 rings (SSSR count). The van der Waals surface area contributed by atoms with E-state index in [0.29, 0.717) is 0 Å². The average molecular weight is 288 g/mol. The highest BCUT2D eigenvalue weighted by Gasteiger charge is 2.31. The van der Waals surface area contributed by atoms with Crippen LogP contribution in [0.4, 0.5) is 22.0 Å². The van der Waals surface area contributed by atoms with Gasteiger partial charge in [0.1, 0.15) is 0 Å². The highest BCUT2D eigenvalue weighted by molar-refractivity contribution is 5.68. The Kier molecular flexibility index (Phi) is 3.76. The Labute approximate surface area is 111 Å². The van der Waals surface area contributed by atoms with E-state index in [1.54, 1.807) is 0 Å². The Morgan fingerprint density at radius 2 is 1.60 bits per heavy atom. The van der Waals surface area contributed by atoms with Gasteiger partial charge in [0.2, 0.25) is 0 Å². The molecule has 106 valence electrons. The molecule has 0 atom stereocenters. The molecule has 1 N–H and O–H groups in total. The van der Waals surface area contributed by atoms with Crippen molar-refractivity contribution in [3.05, 3.63) is 59.2 Å². The molecule has 2 aromatic rings. The summed E-state index contributed by atoms with van der Waals surface area (Å²) in [6.07, 6.45) is -4.53. The quantitative estimate of drug-likeness (QED) is 0.823. The standard InChI is InChI=1S/C14H9F5O/c15-12-4-1-8(6-13(12)16)11-3-2-10(14(17,18)19)5-9(11)7-20/h1-6,20H,7H2. The Balaban J connectivity index is 2.54. The van der Waals surface area contributed by atoms with E-state index in [0.717, 1.165) is 30.3 Å². The van der Waals surface area contributed by atoms with E-state index < -0.39 is 30.0 Å². The zero-order chi connectivity index (χ0) is 14.9. The summed E-state index contributed by atoms with van der Waals surface area (Å²) < 4.78 is 63.7. The summed E-state index contributed by atoms with van der Waals surface area (Å²) in [7, 11) is 0. The van der Waals surface area contributed by atoms with Gasteiger partial charge in [-0.2, -0.15) is 13.2 Å². The van der Waals surface area contributed by atoms with Crippen LogP contribution in [-0.4, -0.2) is 5.11 Å². The molecule has 0 radical (unpaired) electrons. The van der Waals surface area contributed by atoms with E-state index in [1.807, 2.05) is 0 Å². The van der Waals surface area contributed by atoms with Crippen molar-refractivity contribution in [1.29, 1.82) is 0 Å². The van der Waals surface area contributed by atoms with Crippen LogP contribution in [-0.2, 0) is 12.8 Å². The second-order valence-electron chi connectivity index (χ2n) is 4.16. The van der Waals surface area contributed by atoms with Gasteiger partial charge in [0.05, 0.1) is 12.2 Å². The topological polar surface area (TPSA) is 20.2 Å². The van der Waals surface area contributed by atoms with Gasteiger partial charge in [0.25, 0.3) is 0 Å². The molecule has 6 heteroatoms. The number of hydrogen-bond acceptors (Lipinski definition) is 1. The lowest BCUT2D eigenvalue weighted by Crippen LogP contribution is -2.06. The van der Waals surface area contributed by atoms with Crippen molar-refractivity contribution in [2.45, 2.75) is 12.8 Å². The van der Waals surface area contributed by atoms with E-state index in [2.05, 4.69) is 0 Å². The predicted octanol–water partition coefficient (Wildman–Crippen LogP) is 4.14. The molecule has 0 heterocycles. The van der Waals surface area contributed by atoms with Crippen molar-refractivity contribution in [1.82, 2.24) is 0 Å². The lowest BCUT2D eigenvalue weighted by Gasteiger charge is -2.12. The fourth-order valence-corrected chi connectivity index (χ4v) is 1.85. The first-order valence-corrected chi connectivity index (χ1v) is 5.59. The van der Waals surface area contributed by atoms with E-state index in [1.165, 1.54) is 6.07 Å². The zero-order valence-corrected chi connectivity index (χ0v) is 10.0. The van der Waals surface area contributed by atoms with Gasteiger partial charge in [-0.25, -0.2) is 8.78 Å². The number of rotatable bonds is 2. The summed E-state index contributed by atoms with van der Waals surface area (Å²) in [6, 6.07) is 5.73. The number of benzene rings is 2. The van der Waals surface area contributed by atoms with Gasteiger partial charge in [0.15, 0.2) is 11.6 Å². The highest BCUT2D eigenvalue weighted by Crippen LogP contribution is 2.33. The number of hydrogen-bond donors (Lipinski definition) is 1. The molecule has 0 aliphatic carbocycles. The van der Waals surface area contributed by atoms with Crippen LogP contribution in [0, 0.1) is 11.6 Å². The summed E-state index contributed by atoms with van der Waals surface area (Å²) in [6.45, 7) is -0.641. The van der Waals surface area contributed by atoms with Gasteiger partial charge < -0.3 is 5.11 Å². The zero-order valence-electron chi connectivity index (χ0n) is 10.0. The number of aliphatic hydroxyl groups excluding tert-OH is 1. The van der Waals surface area contributed by atoms with Gasteiger partial charge in [-0.3, -0.25) is 0 Å². The molecular formula is C14H9F5O. The number of aliphatic hydroxyl groups is 1. The fourth-order valence-electron chi connectivity index (χ4n) is 1.85. The van der Waals surface area contributed by atoms with E-state index in [9.17, 15) is 22.0 Å². The SMILES string of the molecule is OCc1cc(C(F)(F)F)ccc1-c1ccc(F)c(F)c1. The third kappa shape index (κ3) is 2.80. The summed E-state index contributed by atoms with van der Waals surface area (Å²) >= 11 is 0. The third-order valence-electron chi connectivity index (χ3n) is 2.83. The van der Waals surface area contributed by atoms with E-state index >= 15 is 0 Å². The normalized spacial score (nSPS) is 11.7. The molecule has 20 heavy (non-hydrogen) atoms. The summed E-state index contributed by atoms with van der Waals surface area (Å²) in [5, 5.41) is 9.16. The van der Waals surface area contributed by atoms with Gasteiger partial charge in [-0.15, -0.1) is 0 Å². The Bertz CT molecular complexity index is 634. The van der Waals surface area contributed by atoms with Crippen LogP contribution in [0.15, 0.2) is 36.4 Å². The molecule has 0 fully saturated rings. The highest BCUT2D eigenvalue weighted by atomic mass is 19.4. The lowest BCUT2D eigenvalue weighted by atomic mass is 9.97. The molecule has 0 aromatic heterocycles. The lowest BCUT2D eigenvalue weighted by molar-refractivity contribution is -0.137. The minimum absolute atomic E-state index is 0.00849. The van der Waals surface area contributed by atoms with Gasteiger partial charge in [-0.1, -0.05) is 12.1 Å². The van der Waals surface area contributed by atoms with Gasteiger partial charge in [0, 0.05) is 0 Å². The first-order valence-electron chi connectivity index (χ1n) is 5.59. The van der Waals surface area contributed by atoms with Crippen LogP contribution >= 0.6 is 0 Å². The van der Waals surface area contributed by atoms with Gasteiger partial charge in [-0.05, 0) is 41.0 Å². The van der Waals surface area contributed by atoms with Crippen molar-refractivity contribution >= 4 is 0 Å². The Morgan fingerprint density at radius 1 is 0.900 bits per heavy atom. The minimum Gasteiger partial charge on any atom is -0.392 e. The molecule has 0 aliphatic rings. The second kappa shape index (κ2) is 5.20. The van der Waals surface area contributed by atoms with Crippen LogP contribution < -0.4 is 0 Å². The smallest absolute Gasteiger partial charge is 0.392 e. The maximum atomic E-state index is 13.2. The minimum atomic E-state index is -4.53. The fraction of sp³-hybridized carbons (Fsp3) is 0.143. The largest absolute Gasteiger partial charge is 0.416 e. The molecular weight excluding hydrogens is 279 g/mol. The number of halogens is 5. The molecule has 1 nitrogen and oxygen atoms in total. The predicted molar refractivity (Wildman–Crippen MR) is 62.7 cm³/mol. The van der Waals surface area contributed by atoms with E-state index in [-0.39, 0.29) is 16.7 Å².